The maximum absolute atomic E-state index is 12.5. The third-order valence-corrected chi connectivity index (χ3v) is 11.8. The Morgan fingerprint density at radius 3 is 2.43 bits per heavy atom. The summed E-state index contributed by atoms with van der Waals surface area (Å²) in [6, 6.07) is 3.43. The fourth-order valence-electron chi connectivity index (χ4n) is 5.02. The largest absolute Gasteiger partial charge is 0.790 e. The first kappa shape index (κ1) is 47.1. The number of aromatic hydroxyl groups is 2. The molecule has 3 aromatic rings. The fourth-order valence-corrected chi connectivity index (χ4v) is 8.46. The van der Waals surface area contributed by atoms with Crippen molar-refractivity contribution in [3.8, 4) is 11.5 Å². The van der Waals surface area contributed by atoms with Crippen molar-refractivity contribution in [1.82, 2.24) is 30.2 Å². The van der Waals surface area contributed by atoms with Crippen LogP contribution in [-0.4, -0.2) is 113 Å². The van der Waals surface area contributed by atoms with Crippen molar-refractivity contribution in [2.24, 2.45) is 5.41 Å². The van der Waals surface area contributed by atoms with Gasteiger partial charge in [-0.2, -0.15) is 0 Å². The number of rotatable bonds is 20. The standard InChI is InChI=1S/C28H40N7O19P3S/c1-28(2,22(40)25(41)31-6-5-18(38)30-7-8-58-27(42)15-9-14(36)3-4-16(15)37)11-51-57(48,49)54-56(46,47)50-10-17-21(53-55(43,44)45)20(39)26(52-17)35-13-34-19-23(29)32-12-33-24(19)35/h3-4,9,12-13,17,20-22,26,36-37,39-40H,5-8,10-11H2,1-2H3,(H,30,38)(H,31,41)(H,46,47)(H,48,49)(H2,29,32,33)(H2,43,44,45)/p-4/t17-,20-,21-,22+,26-/m1/s1. The molecule has 0 spiro atoms. The number of carbonyl (C=O) groups excluding carboxylic acids is 3. The number of ether oxygens (including phenoxy) is 1. The number of phosphoric acid groups is 3. The maximum Gasteiger partial charge on any atom is 0.274 e. The first-order chi connectivity index (χ1) is 26.9. The molecule has 0 saturated carbocycles. The van der Waals surface area contributed by atoms with Crippen molar-refractivity contribution >= 4 is 69.1 Å². The zero-order valence-electron chi connectivity index (χ0n) is 30.0. The molecular formula is C28H36N7O19P3S-4. The monoisotopic (exact) mass is 899 g/mol. The average molecular weight is 900 g/mol. The normalized spacial score (nSPS) is 21.2. The van der Waals surface area contributed by atoms with Crippen LogP contribution in [0.2, 0.25) is 0 Å². The first-order valence-corrected chi connectivity index (χ1v) is 21.8. The van der Waals surface area contributed by atoms with Crippen LogP contribution in [0.25, 0.3) is 11.2 Å². The number of fused-ring (bicyclic) bond motifs is 1. The van der Waals surface area contributed by atoms with E-state index in [0.29, 0.717) is 0 Å². The molecule has 2 aromatic heterocycles. The van der Waals surface area contributed by atoms with E-state index in [1.165, 1.54) is 19.9 Å². The number of nitrogen functional groups attached to an aromatic ring is 1. The number of anilines is 1. The predicted octanol–water partition coefficient (Wildman–Crippen LogP) is -3.14. The Hall–Kier alpha value is -3.62. The Bertz CT molecular complexity index is 2120. The van der Waals surface area contributed by atoms with E-state index in [9.17, 15) is 68.1 Å². The number of hydrogen-bond donors (Lipinski definition) is 7. The third kappa shape index (κ3) is 12.9. The quantitative estimate of drug-likeness (QED) is 0.0335. The molecule has 30 heteroatoms. The fraction of sp³-hybridized carbons (Fsp3) is 0.500. The molecule has 8 N–H and O–H groups in total. The van der Waals surface area contributed by atoms with E-state index in [2.05, 4.69) is 43.5 Å². The van der Waals surface area contributed by atoms with Crippen LogP contribution in [-0.2, 0) is 45.9 Å². The Morgan fingerprint density at radius 1 is 1.05 bits per heavy atom. The number of aromatic nitrogens is 4. The van der Waals surface area contributed by atoms with Crippen LogP contribution in [0, 0.1) is 5.41 Å². The molecule has 58 heavy (non-hydrogen) atoms. The molecule has 0 bridgehead atoms. The molecule has 322 valence electrons. The van der Waals surface area contributed by atoms with Gasteiger partial charge in [-0.25, -0.2) is 19.3 Å². The van der Waals surface area contributed by atoms with Gasteiger partial charge in [0.1, 0.15) is 47.8 Å². The SMILES string of the molecule is CC(C)(COP(=O)([O-])OP(=O)([O-])OC[C@H]1O[C@@H](n2cnc3c(N)ncnc32)[C@H](O)[C@@H]1OP(=O)([O-])[O-])[C@@H](O)C(=O)NCCC(=O)NCCSC(=O)c1cc(O)ccc1O. The molecule has 1 saturated heterocycles. The third-order valence-electron chi connectivity index (χ3n) is 7.91. The van der Waals surface area contributed by atoms with Gasteiger partial charge in [-0.05, 0) is 18.2 Å². The highest BCUT2D eigenvalue weighted by molar-refractivity contribution is 8.14. The molecule has 1 fully saturated rings. The molecule has 0 aliphatic carbocycles. The topological polar surface area (TPSA) is 415 Å². The minimum absolute atomic E-state index is 0.0175. The summed E-state index contributed by atoms with van der Waals surface area (Å²) in [6.45, 7) is -0.260. The number of nitrogens with one attached hydrogen (secondary N) is 2. The van der Waals surface area contributed by atoms with Crippen LogP contribution >= 0.6 is 35.2 Å². The number of hydrogen-bond acceptors (Lipinski definition) is 24. The van der Waals surface area contributed by atoms with Gasteiger partial charge >= 0.3 is 0 Å². The van der Waals surface area contributed by atoms with Crippen molar-refractivity contribution in [2.75, 3.05) is 37.8 Å². The molecular weight excluding hydrogens is 863 g/mol. The number of imidazole rings is 1. The second-order valence-corrected chi connectivity index (χ2v) is 18.0. The van der Waals surface area contributed by atoms with Gasteiger partial charge in [-0.15, -0.1) is 0 Å². The number of carbonyl (C=O) groups is 3. The van der Waals surface area contributed by atoms with E-state index >= 15 is 0 Å². The van der Waals surface area contributed by atoms with Crippen molar-refractivity contribution in [3.05, 3.63) is 36.4 Å². The van der Waals surface area contributed by atoms with E-state index in [4.69, 9.17) is 10.5 Å². The molecule has 7 atom stereocenters. The van der Waals surface area contributed by atoms with Gasteiger partial charge in [0.15, 0.2) is 17.7 Å². The van der Waals surface area contributed by atoms with Gasteiger partial charge in [0, 0.05) is 30.7 Å². The van der Waals surface area contributed by atoms with Gasteiger partial charge in [-0.1, -0.05) is 25.6 Å². The summed E-state index contributed by atoms with van der Waals surface area (Å²) < 4.78 is 60.4. The molecule has 4 rings (SSSR count). The number of aliphatic hydroxyl groups is 2. The molecule has 3 heterocycles. The van der Waals surface area contributed by atoms with E-state index in [1.54, 1.807) is 0 Å². The predicted molar refractivity (Wildman–Crippen MR) is 187 cm³/mol. The summed E-state index contributed by atoms with van der Waals surface area (Å²) in [6.07, 6.45) is -7.80. The number of phenolic OH excluding ortho intramolecular Hbond substituents is 2. The number of aliphatic hydroxyl groups excluding tert-OH is 2. The summed E-state index contributed by atoms with van der Waals surface area (Å²) in [7, 11) is -17.7. The summed E-state index contributed by atoms with van der Waals surface area (Å²) in [4.78, 5) is 96.3. The van der Waals surface area contributed by atoms with Crippen LogP contribution in [0.5, 0.6) is 11.5 Å². The molecule has 26 nitrogen and oxygen atoms in total. The van der Waals surface area contributed by atoms with Gasteiger partial charge in [0.2, 0.25) is 16.9 Å². The van der Waals surface area contributed by atoms with Crippen LogP contribution < -0.4 is 35.9 Å². The zero-order valence-corrected chi connectivity index (χ0v) is 33.5. The van der Waals surface area contributed by atoms with Crippen LogP contribution in [0.1, 0.15) is 36.9 Å². The lowest BCUT2D eigenvalue weighted by molar-refractivity contribution is -0.347. The van der Waals surface area contributed by atoms with E-state index in [1.807, 2.05) is 0 Å². The second-order valence-electron chi connectivity index (χ2n) is 12.8. The molecule has 2 unspecified atom stereocenters. The van der Waals surface area contributed by atoms with Crippen molar-refractivity contribution in [3.63, 3.8) is 0 Å². The molecule has 0 radical (unpaired) electrons. The van der Waals surface area contributed by atoms with Crippen LogP contribution in [0.3, 0.4) is 0 Å². The van der Waals surface area contributed by atoms with Crippen molar-refractivity contribution < 1.29 is 90.7 Å². The van der Waals surface area contributed by atoms with Crippen LogP contribution in [0.4, 0.5) is 5.82 Å². The highest BCUT2D eigenvalue weighted by Crippen LogP contribution is 2.56. The molecule has 1 aromatic carbocycles. The summed E-state index contributed by atoms with van der Waals surface area (Å²) in [5, 5.41) is 44.8. The van der Waals surface area contributed by atoms with Crippen LogP contribution in [0.15, 0.2) is 30.9 Å². The molecule has 2 amide bonds. The molecule has 1 aliphatic rings. The number of benzene rings is 1. The van der Waals surface area contributed by atoms with Gasteiger partial charge in [0.05, 0.1) is 32.9 Å². The maximum atomic E-state index is 12.5. The van der Waals surface area contributed by atoms with Crippen molar-refractivity contribution in [1.29, 1.82) is 0 Å². The number of nitrogens with zero attached hydrogens (tertiary/aromatic N) is 4. The minimum atomic E-state index is -5.94. The Labute approximate surface area is 331 Å². The summed E-state index contributed by atoms with van der Waals surface area (Å²) in [5.41, 5.74) is 3.88. The zero-order chi connectivity index (χ0) is 43.2. The Balaban J connectivity index is 1.23. The van der Waals surface area contributed by atoms with E-state index in [-0.39, 0.29) is 59.3 Å². The van der Waals surface area contributed by atoms with Gasteiger partial charge in [-0.3, -0.25) is 28.1 Å². The highest BCUT2D eigenvalue weighted by Gasteiger charge is 2.47. The lowest BCUT2D eigenvalue weighted by atomic mass is 9.87. The Kier molecular flexibility index (Phi) is 15.6. The minimum Gasteiger partial charge on any atom is -0.790 e. The number of phosphoric ester groups is 3. The average Bonchev–Trinajstić information content (AvgIpc) is 3.69. The number of thioether (sulfide) groups is 1. The van der Waals surface area contributed by atoms with Gasteiger partial charge in [0.25, 0.3) is 15.6 Å². The van der Waals surface area contributed by atoms with E-state index in [0.717, 1.165) is 41.1 Å². The van der Waals surface area contributed by atoms with E-state index < -0.39 is 89.7 Å². The van der Waals surface area contributed by atoms with Crippen molar-refractivity contribution in [2.45, 2.75) is 50.9 Å². The second kappa shape index (κ2) is 19.2. The summed E-state index contributed by atoms with van der Waals surface area (Å²) in [5.74, 6) is -2.16. The smallest absolute Gasteiger partial charge is 0.274 e. The lowest BCUT2D eigenvalue weighted by Gasteiger charge is -2.36. The first-order valence-electron chi connectivity index (χ1n) is 16.4. The number of phenols is 2. The highest BCUT2D eigenvalue weighted by atomic mass is 32.2. The Morgan fingerprint density at radius 2 is 1.74 bits per heavy atom. The lowest BCUT2D eigenvalue weighted by Crippen LogP contribution is -2.46. The molecule has 1 aliphatic heterocycles. The number of amides is 2. The number of nitrogens with two attached hydrogens (primary N) is 1. The summed E-state index contributed by atoms with van der Waals surface area (Å²) >= 11 is 0.763. The van der Waals surface area contributed by atoms with Gasteiger partial charge < -0.3 is 79.2 Å².